The number of H-pyrrole nitrogens is 2. The first-order valence-electron chi connectivity index (χ1n) is 7.98. The predicted molar refractivity (Wildman–Crippen MR) is 105 cm³/mol. The molecule has 0 spiro atoms. The number of aromatic amines is 2. The third kappa shape index (κ3) is 3.40. The van der Waals surface area contributed by atoms with Crippen LogP contribution in [0.15, 0.2) is 74.7 Å². The largest absolute Gasteiger partial charge is 0.325 e. The van der Waals surface area contributed by atoms with E-state index in [-0.39, 0.29) is 16.3 Å². The zero-order valence-electron chi connectivity index (χ0n) is 14.1. The van der Waals surface area contributed by atoms with Gasteiger partial charge in [0.25, 0.3) is 15.6 Å². The number of para-hydroxylation sites is 1. The molecule has 0 aliphatic rings. The molecule has 9 nitrogen and oxygen atoms in total. The molecule has 11 heteroatoms. The van der Waals surface area contributed by atoms with Gasteiger partial charge in [-0.25, -0.2) is 17.9 Å². The molecule has 0 fully saturated rings. The van der Waals surface area contributed by atoms with Crippen LogP contribution in [0.4, 0.5) is 5.69 Å². The van der Waals surface area contributed by atoms with Crippen molar-refractivity contribution in [2.45, 2.75) is 4.90 Å². The van der Waals surface area contributed by atoms with Gasteiger partial charge in [-0.1, -0.05) is 24.3 Å². The van der Waals surface area contributed by atoms with E-state index in [2.05, 4.69) is 14.8 Å². The molecule has 1 aromatic carbocycles. The van der Waals surface area contributed by atoms with Crippen LogP contribution < -0.4 is 16.0 Å². The lowest BCUT2D eigenvalue weighted by Crippen LogP contribution is -2.26. The van der Waals surface area contributed by atoms with Gasteiger partial charge in [0.2, 0.25) is 0 Å². The molecule has 0 radical (unpaired) electrons. The van der Waals surface area contributed by atoms with Crippen LogP contribution in [0.2, 0.25) is 0 Å². The number of nitrogens with zero attached hydrogens (tertiary/aromatic N) is 2. The highest BCUT2D eigenvalue weighted by atomic mass is 32.2. The average Bonchev–Trinajstić information content (AvgIpc) is 3.34. The molecule has 0 saturated carbocycles. The number of sulfonamides is 1. The minimum atomic E-state index is -4.16. The Bertz CT molecular complexity index is 1340. The highest BCUT2D eigenvalue weighted by Crippen LogP contribution is 2.31. The van der Waals surface area contributed by atoms with Crippen molar-refractivity contribution in [2.75, 3.05) is 4.72 Å². The maximum absolute atomic E-state index is 13.0. The van der Waals surface area contributed by atoms with Crippen LogP contribution >= 0.6 is 11.3 Å². The Kier molecular flexibility index (Phi) is 4.45. The minimum Gasteiger partial charge on any atom is -0.312 e. The lowest BCUT2D eigenvalue weighted by Gasteiger charge is -2.06. The van der Waals surface area contributed by atoms with Crippen molar-refractivity contribution in [3.63, 3.8) is 0 Å². The van der Waals surface area contributed by atoms with Crippen LogP contribution in [0.25, 0.3) is 16.3 Å². The molecular weight excluding hydrogens is 402 g/mol. The van der Waals surface area contributed by atoms with Crippen LogP contribution in [-0.2, 0) is 10.0 Å². The van der Waals surface area contributed by atoms with Gasteiger partial charge in [-0.3, -0.25) is 14.5 Å². The summed E-state index contributed by atoms with van der Waals surface area (Å²) >= 11 is 1.34. The fraction of sp³-hybridized carbons (Fsp3) is 0. The second-order valence-electron chi connectivity index (χ2n) is 5.69. The standard InChI is InChI=1S/C17H13N5O4S2/c23-16-12(9-18-17(24)19-16)21-28(25,26)14-10-22(11-5-2-1-3-6-11)20-15(14)13-7-4-8-27-13/h1-10,21H,(H2,18,19,23,24). The molecule has 0 bridgehead atoms. The van der Waals surface area contributed by atoms with E-state index in [1.807, 2.05) is 28.6 Å². The van der Waals surface area contributed by atoms with Gasteiger partial charge in [0, 0.05) is 6.20 Å². The maximum Gasteiger partial charge on any atom is 0.325 e. The Labute approximate surface area is 162 Å². The van der Waals surface area contributed by atoms with Gasteiger partial charge in [0.15, 0.2) is 0 Å². The Morgan fingerprint density at radius 2 is 1.86 bits per heavy atom. The summed E-state index contributed by atoms with van der Waals surface area (Å²) in [7, 11) is -4.16. The van der Waals surface area contributed by atoms with E-state index >= 15 is 0 Å². The molecule has 4 aromatic rings. The number of thiophene rings is 1. The van der Waals surface area contributed by atoms with Gasteiger partial charge in [-0.2, -0.15) is 5.10 Å². The van der Waals surface area contributed by atoms with Crippen molar-refractivity contribution in [3.05, 3.63) is 81.1 Å². The first kappa shape index (κ1) is 17.9. The number of aromatic nitrogens is 4. The summed E-state index contributed by atoms with van der Waals surface area (Å²) in [5.74, 6) is 0. The Morgan fingerprint density at radius 3 is 2.54 bits per heavy atom. The summed E-state index contributed by atoms with van der Waals surface area (Å²) in [5, 5.41) is 6.24. The van der Waals surface area contributed by atoms with Crippen LogP contribution in [0, 0.1) is 0 Å². The van der Waals surface area contributed by atoms with E-state index in [1.54, 1.807) is 24.3 Å². The third-order valence-corrected chi connectivity index (χ3v) is 6.05. The molecule has 0 atom stereocenters. The number of hydrogen-bond acceptors (Lipinski definition) is 6. The van der Waals surface area contributed by atoms with Crippen molar-refractivity contribution >= 4 is 27.0 Å². The van der Waals surface area contributed by atoms with Gasteiger partial charge >= 0.3 is 5.69 Å². The Balaban J connectivity index is 1.84. The number of hydrogen-bond donors (Lipinski definition) is 3. The lowest BCUT2D eigenvalue weighted by atomic mass is 10.3. The van der Waals surface area contributed by atoms with Crippen LogP contribution in [0.1, 0.15) is 0 Å². The maximum atomic E-state index is 13.0. The van der Waals surface area contributed by atoms with Gasteiger partial charge < -0.3 is 4.98 Å². The zero-order chi connectivity index (χ0) is 19.7. The second kappa shape index (κ2) is 6.94. The van der Waals surface area contributed by atoms with E-state index in [1.165, 1.54) is 22.2 Å². The fourth-order valence-corrected chi connectivity index (χ4v) is 4.52. The van der Waals surface area contributed by atoms with Gasteiger partial charge in [-0.05, 0) is 23.6 Å². The minimum absolute atomic E-state index is 0.0931. The first-order chi connectivity index (χ1) is 13.4. The normalized spacial score (nSPS) is 11.4. The molecule has 3 heterocycles. The summed E-state index contributed by atoms with van der Waals surface area (Å²) in [5.41, 5.74) is -0.940. The third-order valence-electron chi connectivity index (χ3n) is 3.81. The summed E-state index contributed by atoms with van der Waals surface area (Å²) in [6.07, 6.45) is 2.39. The van der Waals surface area contributed by atoms with Crippen LogP contribution in [0.3, 0.4) is 0 Å². The molecule has 0 unspecified atom stereocenters. The van der Waals surface area contributed by atoms with E-state index < -0.39 is 21.3 Å². The van der Waals surface area contributed by atoms with E-state index in [0.717, 1.165) is 6.20 Å². The summed E-state index contributed by atoms with van der Waals surface area (Å²) in [6, 6.07) is 12.6. The van der Waals surface area contributed by atoms with Gasteiger partial charge in [-0.15, -0.1) is 11.3 Å². The predicted octanol–water partition coefficient (Wildman–Crippen LogP) is 1.78. The zero-order valence-corrected chi connectivity index (χ0v) is 15.8. The molecule has 0 amide bonds. The first-order valence-corrected chi connectivity index (χ1v) is 10.3. The molecular formula is C17H13N5O4S2. The van der Waals surface area contributed by atoms with Crippen LogP contribution in [0.5, 0.6) is 0 Å². The fourth-order valence-electron chi connectivity index (χ4n) is 2.54. The summed E-state index contributed by atoms with van der Waals surface area (Å²) in [6.45, 7) is 0. The number of benzene rings is 1. The van der Waals surface area contributed by atoms with E-state index in [9.17, 15) is 18.0 Å². The smallest absolute Gasteiger partial charge is 0.312 e. The Morgan fingerprint density at radius 1 is 1.07 bits per heavy atom. The number of nitrogens with one attached hydrogen (secondary N) is 3. The molecule has 3 aromatic heterocycles. The summed E-state index contributed by atoms with van der Waals surface area (Å²) in [4.78, 5) is 27.8. The van der Waals surface area contributed by atoms with E-state index in [4.69, 9.17) is 0 Å². The molecule has 0 aliphatic carbocycles. The van der Waals surface area contributed by atoms with Crippen molar-refractivity contribution in [1.82, 2.24) is 19.7 Å². The topological polar surface area (TPSA) is 130 Å². The Hall–Kier alpha value is -3.44. The van der Waals surface area contributed by atoms with Crippen molar-refractivity contribution in [1.29, 1.82) is 0 Å². The SMILES string of the molecule is O=c1[nH]cc(NS(=O)(=O)c2cn(-c3ccccc3)nc2-c2cccs2)c(=O)[nH]1. The van der Waals surface area contributed by atoms with E-state index in [0.29, 0.717) is 10.6 Å². The molecule has 142 valence electrons. The van der Waals surface area contributed by atoms with Gasteiger partial charge in [0.1, 0.15) is 16.3 Å². The van der Waals surface area contributed by atoms with Crippen molar-refractivity contribution in [2.24, 2.45) is 0 Å². The highest BCUT2D eigenvalue weighted by Gasteiger charge is 2.25. The molecule has 4 rings (SSSR count). The second-order valence-corrected chi connectivity index (χ2v) is 8.29. The quantitative estimate of drug-likeness (QED) is 0.457. The molecule has 0 aliphatic heterocycles. The molecule has 3 N–H and O–H groups in total. The monoisotopic (exact) mass is 415 g/mol. The lowest BCUT2D eigenvalue weighted by molar-refractivity contribution is 0.601. The molecule has 28 heavy (non-hydrogen) atoms. The van der Waals surface area contributed by atoms with Crippen molar-refractivity contribution in [3.8, 4) is 16.3 Å². The highest BCUT2D eigenvalue weighted by molar-refractivity contribution is 7.92. The molecule has 0 saturated heterocycles. The number of rotatable bonds is 5. The van der Waals surface area contributed by atoms with Gasteiger partial charge in [0.05, 0.1) is 16.8 Å². The number of anilines is 1. The average molecular weight is 415 g/mol. The van der Waals surface area contributed by atoms with Crippen LogP contribution in [-0.4, -0.2) is 28.2 Å². The van der Waals surface area contributed by atoms with Crippen molar-refractivity contribution < 1.29 is 8.42 Å². The summed E-state index contributed by atoms with van der Waals surface area (Å²) < 4.78 is 29.7.